The molecule has 1 aliphatic heterocycles. The van der Waals surface area contributed by atoms with Crippen molar-refractivity contribution in [1.29, 1.82) is 0 Å². The molecule has 8 heteroatoms. The molecule has 5 rings (SSSR count). The zero-order chi connectivity index (χ0) is 23.3. The van der Waals surface area contributed by atoms with Gasteiger partial charge in [-0.2, -0.15) is 0 Å². The number of carbonyl (C=O) groups is 2. The number of aliphatic hydroxyl groups is 1. The van der Waals surface area contributed by atoms with Gasteiger partial charge in [-0.15, -0.1) is 22.7 Å². The Hall–Kier alpha value is -1.77. The highest BCUT2D eigenvalue weighted by Crippen LogP contribution is 2.57. The lowest BCUT2D eigenvalue weighted by Crippen LogP contribution is -2.53. The number of hydrogen-bond donors (Lipinski definition) is 2. The number of likely N-dealkylation sites (tertiary alicyclic amines) is 1. The number of nitrogens with zero attached hydrogens (tertiary/aromatic N) is 2. The molecule has 3 aliphatic rings. The van der Waals surface area contributed by atoms with Crippen molar-refractivity contribution in [2.24, 2.45) is 23.2 Å². The van der Waals surface area contributed by atoms with Crippen LogP contribution in [0.4, 0.5) is 5.13 Å². The summed E-state index contributed by atoms with van der Waals surface area (Å²) < 4.78 is 0. The Balaban J connectivity index is 1.36. The van der Waals surface area contributed by atoms with Crippen molar-refractivity contribution in [3.8, 4) is 0 Å². The second kappa shape index (κ2) is 8.78. The van der Waals surface area contributed by atoms with Crippen LogP contribution in [0.2, 0.25) is 0 Å². The van der Waals surface area contributed by atoms with E-state index in [9.17, 15) is 14.7 Å². The summed E-state index contributed by atoms with van der Waals surface area (Å²) in [6.45, 7) is 8.16. The molecule has 0 bridgehead atoms. The molecule has 6 nitrogen and oxygen atoms in total. The van der Waals surface area contributed by atoms with E-state index in [0.29, 0.717) is 10.0 Å². The highest BCUT2D eigenvalue weighted by Gasteiger charge is 2.54. The molecule has 1 saturated carbocycles. The van der Waals surface area contributed by atoms with Gasteiger partial charge in [0.15, 0.2) is 5.13 Å². The molecular formula is C25H33N3O3S2. The first-order valence-electron chi connectivity index (χ1n) is 12.1. The minimum Gasteiger partial charge on any atom is -0.392 e. The van der Waals surface area contributed by atoms with E-state index in [1.165, 1.54) is 16.2 Å². The van der Waals surface area contributed by atoms with Gasteiger partial charge in [-0.1, -0.05) is 26.8 Å². The number of fused-ring (bicyclic) bond motifs is 2. The van der Waals surface area contributed by atoms with Crippen molar-refractivity contribution < 1.29 is 14.7 Å². The smallest absolute Gasteiger partial charge is 0.267 e. The summed E-state index contributed by atoms with van der Waals surface area (Å²) in [5.74, 6) is 0.0391. The van der Waals surface area contributed by atoms with Gasteiger partial charge in [-0.25, -0.2) is 4.98 Å². The fraction of sp³-hybridized carbons (Fsp3) is 0.640. The highest BCUT2D eigenvalue weighted by atomic mass is 32.1. The van der Waals surface area contributed by atoms with Crippen LogP contribution in [0.3, 0.4) is 0 Å². The van der Waals surface area contributed by atoms with Crippen molar-refractivity contribution in [1.82, 2.24) is 9.88 Å². The molecule has 3 heterocycles. The number of thiophene rings is 1. The van der Waals surface area contributed by atoms with Crippen molar-refractivity contribution in [3.63, 3.8) is 0 Å². The summed E-state index contributed by atoms with van der Waals surface area (Å²) in [4.78, 5) is 34.3. The Morgan fingerprint density at radius 2 is 2.09 bits per heavy atom. The van der Waals surface area contributed by atoms with Crippen LogP contribution in [-0.2, 0) is 11.2 Å². The minimum absolute atomic E-state index is 0.0168. The van der Waals surface area contributed by atoms with Gasteiger partial charge in [0.25, 0.3) is 5.91 Å². The Morgan fingerprint density at radius 1 is 1.33 bits per heavy atom. The maximum Gasteiger partial charge on any atom is 0.267 e. The Bertz CT molecular complexity index is 1030. The molecule has 2 fully saturated rings. The SMILES string of the molecule is C[C@H](C(=O)N1CCCC1)[C@@H]1CC[C@]2(C)Cc3sc(NC(=O)c4cccs4)nc3[C@H](C)[C@@H]2[C@H]1O. The molecule has 178 valence electrons. The zero-order valence-electron chi connectivity index (χ0n) is 19.5. The zero-order valence-corrected chi connectivity index (χ0v) is 21.2. The molecule has 1 saturated heterocycles. The van der Waals surface area contributed by atoms with Crippen molar-refractivity contribution in [2.45, 2.75) is 64.9 Å². The first kappa shape index (κ1) is 23.0. The van der Waals surface area contributed by atoms with Gasteiger partial charge in [-0.05, 0) is 60.8 Å². The van der Waals surface area contributed by atoms with Gasteiger partial charge in [0, 0.05) is 29.8 Å². The van der Waals surface area contributed by atoms with E-state index in [1.54, 1.807) is 11.3 Å². The summed E-state index contributed by atoms with van der Waals surface area (Å²) in [5, 5.41) is 17.1. The van der Waals surface area contributed by atoms with Gasteiger partial charge in [0.05, 0.1) is 16.7 Å². The number of anilines is 1. The van der Waals surface area contributed by atoms with Gasteiger partial charge in [0.1, 0.15) is 0 Å². The average Bonchev–Trinajstić information content (AvgIpc) is 3.54. The molecule has 2 amide bonds. The lowest BCUT2D eigenvalue weighted by atomic mass is 9.53. The number of amides is 2. The lowest BCUT2D eigenvalue weighted by molar-refractivity contribution is -0.143. The number of rotatable bonds is 4. The third-order valence-corrected chi connectivity index (χ3v) is 10.2. The number of aliphatic hydroxyl groups excluding tert-OH is 1. The molecule has 0 radical (unpaired) electrons. The lowest BCUT2D eigenvalue weighted by Gasteiger charge is -2.53. The van der Waals surface area contributed by atoms with Crippen LogP contribution in [0.15, 0.2) is 17.5 Å². The van der Waals surface area contributed by atoms with Gasteiger partial charge >= 0.3 is 0 Å². The van der Waals surface area contributed by atoms with Crippen molar-refractivity contribution in [2.75, 3.05) is 18.4 Å². The van der Waals surface area contributed by atoms with Crippen LogP contribution in [0.25, 0.3) is 0 Å². The predicted octanol–water partition coefficient (Wildman–Crippen LogP) is 4.77. The first-order valence-corrected chi connectivity index (χ1v) is 13.8. The molecule has 2 aromatic rings. The van der Waals surface area contributed by atoms with Crippen LogP contribution < -0.4 is 5.32 Å². The number of aromatic nitrogens is 1. The van der Waals surface area contributed by atoms with Crippen LogP contribution in [-0.4, -0.2) is 46.0 Å². The maximum absolute atomic E-state index is 13.1. The van der Waals surface area contributed by atoms with Gasteiger partial charge < -0.3 is 10.0 Å². The van der Waals surface area contributed by atoms with E-state index in [1.807, 2.05) is 29.3 Å². The fourth-order valence-corrected chi connectivity index (χ4v) is 8.45. The molecule has 0 unspecified atom stereocenters. The first-order chi connectivity index (χ1) is 15.8. The third-order valence-electron chi connectivity index (χ3n) is 8.34. The monoisotopic (exact) mass is 487 g/mol. The van der Waals surface area contributed by atoms with Crippen LogP contribution in [0, 0.1) is 23.2 Å². The molecule has 0 aromatic carbocycles. The molecule has 33 heavy (non-hydrogen) atoms. The number of nitrogens with one attached hydrogen (secondary N) is 1. The van der Waals surface area contributed by atoms with Crippen molar-refractivity contribution >= 4 is 39.6 Å². The van der Waals surface area contributed by atoms with Crippen LogP contribution in [0.1, 0.15) is 72.6 Å². The molecule has 6 atom stereocenters. The van der Waals surface area contributed by atoms with E-state index in [2.05, 4.69) is 19.2 Å². The van der Waals surface area contributed by atoms with E-state index in [-0.39, 0.29) is 40.9 Å². The molecule has 0 spiro atoms. The Morgan fingerprint density at radius 3 is 2.79 bits per heavy atom. The Kier molecular flexibility index (Phi) is 6.12. The highest BCUT2D eigenvalue weighted by molar-refractivity contribution is 7.16. The van der Waals surface area contributed by atoms with Gasteiger partial charge in [0.2, 0.25) is 5.91 Å². The van der Waals surface area contributed by atoms with Crippen molar-refractivity contribution in [3.05, 3.63) is 33.0 Å². The van der Waals surface area contributed by atoms with Gasteiger partial charge in [-0.3, -0.25) is 14.9 Å². The number of hydrogen-bond acceptors (Lipinski definition) is 6. The van der Waals surface area contributed by atoms with E-state index in [0.717, 1.165) is 50.9 Å². The summed E-state index contributed by atoms with van der Waals surface area (Å²) in [5.41, 5.74) is 0.975. The summed E-state index contributed by atoms with van der Waals surface area (Å²) >= 11 is 2.98. The van der Waals surface area contributed by atoms with E-state index in [4.69, 9.17) is 4.98 Å². The van der Waals surface area contributed by atoms with E-state index >= 15 is 0 Å². The maximum atomic E-state index is 13.1. The number of thiazole rings is 1. The quantitative estimate of drug-likeness (QED) is 0.651. The van der Waals surface area contributed by atoms with Crippen LogP contribution in [0.5, 0.6) is 0 Å². The molecule has 2 aliphatic carbocycles. The number of carbonyl (C=O) groups excluding carboxylic acids is 2. The largest absolute Gasteiger partial charge is 0.392 e. The average molecular weight is 488 g/mol. The van der Waals surface area contributed by atoms with E-state index < -0.39 is 6.10 Å². The summed E-state index contributed by atoms with van der Waals surface area (Å²) in [6, 6.07) is 3.68. The normalized spacial score (nSPS) is 32.2. The predicted molar refractivity (Wildman–Crippen MR) is 132 cm³/mol. The summed E-state index contributed by atoms with van der Waals surface area (Å²) in [6.07, 6.45) is 4.37. The summed E-state index contributed by atoms with van der Waals surface area (Å²) in [7, 11) is 0. The van der Waals surface area contributed by atoms with Crippen LogP contribution >= 0.6 is 22.7 Å². The molecule has 2 N–H and O–H groups in total. The minimum atomic E-state index is -0.528. The fourth-order valence-electron chi connectivity index (χ4n) is 6.58. The second-order valence-corrected chi connectivity index (χ2v) is 12.4. The standard InChI is InChI=1S/C25H33N3O3S2/c1-14(23(31)28-10-4-5-11-28)16-8-9-25(3)13-18-20(15(2)19(25)21(16)29)26-24(33-18)27-22(30)17-7-6-12-32-17/h6-7,12,14-16,19,21,29H,4-5,8-11,13H2,1-3H3,(H,26,27,30)/t14-,15+,16-,19+,21-,25+/m0/s1. The third kappa shape index (κ3) is 4.04. The molecule has 2 aromatic heterocycles. The Labute approximate surface area is 203 Å². The second-order valence-electron chi connectivity index (χ2n) is 10.4. The molecular weight excluding hydrogens is 454 g/mol. The topological polar surface area (TPSA) is 82.5 Å².